The summed E-state index contributed by atoms with van der Waals surface area (Å²) in [5.41, 5.74) is 4.78. The first-order valence-corrected chi connectivity index (χ1v) is 12.6. The van der Waals surface area contributed by atoms with Crippen LogP contribution < -0.4 is 15.9 Å². The number of carbonyl (C=O) groups excluding carboxylic acids is 1. The molecule has 7 nitrogen and oxygen atoms in total. The second-order valence-corrected chi connectivity index (χ2v) is 9.69. The Hall–Kier alpha value is -4.47. The van der Waals surface area contributed by atoms with Crippen LogP contribution in [0.1, 0.15) is 41.0 Å². The van der Waals surface area contributed by atoms with Gasteiger partial charge in [0.25, 0.3) is 0 Å². The lowest BCUT2D eigenvalue weighted by molar-refractivity contribution is 0.112. The van der Waals surface area contributed by atoms with Crippen molar-refractivity contribution in [1.82, 2.24) is 15.0 Å². The molecule has 0 bridgehead atoms. The summed E-state index contributed by atoms with van der Waals surface area (Å²) in [6.07, 6.45) is 5.65. The number of hydrogen-bond acceptors (Lipinski definition) is 7. The second-order valence-electron chi connectivity index (χ2n) is 9.07. The fourth-order valence-electron chi connectivity index (χ4n) is 3.77. The average Bonchev–Trinajstić information content (AvgIpc) is 2.95. The third-order valence-corrected chi connectivity index (χ3v) is 6.53. The molecule has 0 spiro atoms. The molecule has 4 rings (SSSR count). The summed E-state index contributed by atoms with van der Waals surface area (Å²) >= 11 is 0. The number of nitrogens with one attached hydrogen (secondary N) is 2. The molecule has 2 heterocycles. The Morgan fingerprint density at radius 3 is 2.56 bits per heavy atom. The van der Waals surface area contributed by atoms with Crippen LogP contribution >= 0.6 is 9.24 Å². The Bertz CT molecular complexity index is 1550. The number of benzene rings is 2. The van der Waals surface area contributed by atoms with Crippen LogP contribution in [0.15, 0.2) is 67.6 Å². The van der Waals surface area contributed by atoms with Crippen molar-refractivity contribution in [3.05, 3.63) is 95.8 Å². The SMILES string of the molecule is C=Cc1c(C)ncnc1-c1cccnc1Nc1ccc(P)c(NC)c1F.CC(C)(C#N)c1cccc(C=O)c1. The minimum absolute atomic E-state index is 0.325. The van der Waals surface area contributed by atoms with Crippen LogP contribution in [0.3, 0.4) is 0 Å². The Labute approximate surface area is 230 Å². The Morgan fingerprint density at radius 2 is 1.90 bits per heavy atom. The van der Waals surface area contributed by atoms with Crippen LogP contribution in [0.2, 0.25) is 0 Å². The van der Waals surface area contributed by atoms with Gasteiger partial charge in [-0.3, -0.25) is 4.79 Å². The third-order valence-electron chi connectivity index (χ3n) is 6.05. The number of hydrogen-bond donors (Lipinski definition) is 2. The molecule has 0 fully saturated rings. The van der Waals surface area contributed by atoms with Crippen molar-refractivity contribution in [1.29, 1.82) is 5.26 Å². The molecule has 2 aromatic carbocycles. The number of aryl methyl sites for hydroxylation is 1. The maximum atomic E-state index is 14.8. The first-order valence-electron chi connectivity index (χ1n) is 12.1. The standard InChI is InChI=1S/C19H19FN5P.C11H11NO/c1-4-12-11(2)23-10-24-17(12)13-6-5-9-22-19(13)25-14-7-8-15(26)18(21-3)16(14)20;1-11(2,8-12)10-5-3-4-9(6-10)7-13/h4-10,21H,1,26H2,2-3H3,(H,22,25);3-7H,1-2H3. The number of carbonyl (C=O) groups is 1. The van der Waals surface area contributed by atoms with E-state index in [1.54, 1.807) is 43.6 Å². The number of rotatable bonds is 7. The Kier molecular flexibility index (Phi) is 9.59. The largest absolute Gasteiger partial charge is 0.385 e. The van der Waals surface area contributed by atoms with E-state index in [-0.39, 0.29) is 5.82 Å². The first kappa shape index (κ1) is 29.1. The van der Waals surface area contributed by atoms with Crippen LogP contribution in [-0.2, 0) is 5.41 Å². The van der Waals surface area contributed by atoms with E-state index in [4.69, 9.17) is 5.26 Å². The van der Waals surface area contributed by atoms with E-state index in [2.05, 4.69) is 47.5 Å². The first-order chi connectivity index (χ1) is 18.7. The molecule has 0 saturated heterocycles. The summed E-state index contributed by atoms with van der Waals surface area (Å²) in [6.45, 7) is 9.40. The molecule has 198 valence electrons. The monoisotopic (exact) mass is 540 g/mol. The molecule has 0 radical (unpaired) electrons. The van der Waals surface area contributed by atoms with Gasteiger partial charge in [-0.1, -0.05) is 36.9 Å². The number of nitriles is 1. The summed E-state index contributed by atoms with van der Waals surface area (Å²) in [6, 6.07) is 16.5. The molecule has 4 aromatic rings. The zero-order chi connectivity index (χ0) is 28.6. The average molecular weight is 541 g/mol. The highest BCUT2D eigenvalue weighted by molar-refractivity contribution is 7.28. The molecule has 0 amide bonds. The van der Waals surface area contributed by atoms with Gasteiger partial charge in [-0.2, -0.15) is 5.26 Å². The van der Waals surface area contributed by atoms with Crippen molar-refractivity contribution in [2.45, 2.75) is 26.2 Å². The molecular weight excluding hydrogens is 510 g/mol. The molecule has 9 heteroatoms. The number of pyridine rings is 1. The van der Waals surface area contributed by atoms with Crippen molar-refractivity contribution >= 4 is 44.1 Å². The van der Waals surface area contributed by atoms with E-state index >= 15 is 0 Å². The van der Waals surface area contributed by atoms with Gasteiger partial charge in [0.15, 0.2) is 5.82 Å². The highest BCUT2D eigenvalue weighted by Crippen LogP contribution is 2.32. The van der Waals surface area contributed by atoms with Gasteiger partial charge in [0.1, 0.15) is 18.4 Å². The maximum Gasteiger partial charge on any atom is 0.170 e. The smallest absolute Gasteiger partial charge is 0.170 e. The zero-order valence-corrected chi connectivity index (χ0v) is 23.4. The topological polar surface area (TPSA) is 104 Å². The predicted octanol–water partition coefficient (Wildman–Crippen LogP) is 6.22. The van der Waals surface area contributed by atoms with Gasteiger partial charge < -0.3 is 10.6 Å². The number of nitrogens with zero attached hydrogens (tertiary/aromatic N) is 4. The summed E-state index contributed by atoms with van der Waals surface area (Å²) in [4.78, 5) is 23.5. The number of anilines is 3. The van der Waals surface area contributed by atoms with E-state index in [1.807, 2.05) is 45.0 Å². The highest BCUT2D eigenvalue weighted by Gasteiger charge is 2.19. The fraction of sp³-hybridized carbons (Fsp3) is 0.167. The van der Waals surface area contributed by atoms with Crippen molar-refractivity contribution in [3.63, 3.8) is 0 Å². The van der Waals surface area contributed by atoms with E-state index < -0.39 is 5.41 Å². The minimum Gasteiger partial charge on any atom is -0.385 e. The van der Waals surface area contributed by atoms with E-state index in [1.165, 1.54) is 6.33 Å². The summed E-state index contributed by atoms with van der Waals surface area (Å²) in [5, 5.41) is 15.6. The molecule has 2 N–H and O–H groups in total. The number of halogens is 1. The van der Waals surface area contributed by atoms with Crippen molar-refractivity contribution in [3.8, 4) is 17.3 Å². The van der Waals surface area contributed by atoms with Crippen LogP contribution in [-0.4, -0.2) is 28.3 Å². The Morgan fingerprint density at radius 1 is 1.13 bits per heavy atom. The molecule has 39 heavy (non-hydrogen) atoms. The van der Waals surface area contributed by atoms with E-state index in [9.17, 15) is 9.18 Å². The lowest BCUT2D eigenvalue weighted by Gasteiger charge is -2.15. The van der Waals surface area contributed by atoms with Crippen LogP contribution in [0.4, 0.5) is 21.6 Å². The summed E-state index contributed by atoms with van der Waals surface area (Å²) in [7, 11) is 4.19. The van der Waals surface area contributed by atoms with Crippen LogP contribution in [0.25, 0.3) is 17.3 Å². The van der Waals surface area contributed by atoms with Gasteiger partial charge in [-0.05, 0) is 55.9 Å². The molecule has 0 aliphatic heterocycles. The number of aldehydes is 1. The lowest BCUT2D eigenvalue weighted by Crippen LogP contribution is -2.13. The molecule has 0 saturated carbocycles. The molecular formula is C30H30FN6OP. The van der Waals surface area contributed by atoms with E-state index in [0.717, 1.165) is 34.0 Å². The maximum absolute atomic E-state index is 14.8. The van der Waals surface area contributed by atoms with Crippen molar-refractivity contribution in [2.75, 3.05) is 17.7 Å². The minimum atomic E-state index is -0.529. The molecule has 1 unspecified atom stereocenters. The predicted molar refractivity (Wildman–Crippen MR) is 159 cm³/mol. The molecule has 0 aliphatic rings. The highest BCUT2D eigenvalue weighted by atomic mass is 31.0. The third kappa shape index (κ3) is 6.70. The van der Waals surface area contributed by atoms with Gasteiger partial charge in [-0.25, -0.2) is 19.3 Å². The molecule has 0 aliphatic carbocycles. The summed E-state index contributed by atoms with van der Waals surface area (Å²) in [5.74, 6) is 0.130. The van der Waals surface area contributed by atoms with Crippen LogP contribution in [0, 0.1) is 24.1 Å². The van der Waals surface area contributed by atoms with Gasteiger partial charge >= 0.3 is 0 Å². The van der Waals surface area contributed by atoms with Crippen molar-refractivity contribution < 1.29 is 9.18 Å². The second kappa shape index (κ2) is 12.9. The molecule has 2 aromatic heterocycles. The quantitative estimate of drug-likeness (QED) is 0.212. The summed E-state index contributed by atoms with van der Waals surface area (Å²) < 4.78 is 14.8. The zero-order valence-electron chi connectivity index (χ0n) is 22.3. The Balaban J connectivity index is 0.000000272. The van der Waals surface area contributed by atoms with Gasteiger partial charge in [-0.15, -0.1) is 9.24 Å². The van der Waals surface area contributed by atoms with Gasteiger partial charge in [0.05, 0.1) is 28.6 Å². The lowest BCUT2D eigenvalue weighted by atomic mass is 9.86. The van der Waals surface area contributed by atoms with Crippen LogP contribution in [0.5, 0.6) is 0 Å². The number of aromatic nitrogens is 3. The van der Waals surface area contributed by atoms with Gasteiger partial charge in [0.2, 0.25) is 0 Å². The van der Waals surface area contributed by atoms with Gasteiger partial charge in [0, 0.05) is 35.6 Å². The fourth-order valence-corrected chi connectivity index (χ4v) is 4.14. The molecule has 1 atom stereocenters. The van der Waals surface area contributed by atoms with E-state index in [0.29, 0.717) is 28.5 Å². The van der Waals surface area contributed by atoms with Crippen molar-refractivity contribution in [2.24, 2.45) is 0 Å². The normalized spacial score (nSPS) is 10.5.